The van der Waals surface area contributed by atoms with E-state index in [1.165, 1.54) is 0 Å². The van der Waals surface area contributed by atoms with Gasteiger partial charge in [0, 0.05) is 19.5 Å². The highest BCUT2D eigenvalue weighted by Crippen LogP contribution is 2.20. The SMILES string of the molecule is C=CCOCCC(=O)NC1(C(=O)NCCNC(=O)Cc2cccc3ccccc23)CCNCC1. The molecule has 0 bridgehead atoms. The van der Waals surface area contributed by atoms with E-state index < -0.39 is 5.54 Å². The lowest BCUT2D eigenvalue weighted by atomic mass is 9.87. The smallest absolute Gasteiger partial charge is 0.245 e. The van der Waals surface area contributed by atoms with Gasteiger partial charge in [0.25, 0.3) is 0 Å². The molecule has 2 aromatic rings. The first-order valence-electron chi connectivity index (χ1n) is 11.8. The summed E-state index contributed by atoms with van der Waals surface area (Å²) < 4.78 is 5.27. The molecule has 8 heteroatoms. The zero-order chi connectivity index (χ0) is 24.2. The maximum Gasteiger partial charge on any atom is 0.245 e. The van der Waals surface area contributed by atoms with Crippen LogP contribution in [0.1, 0.15) is 24.8 Å². The van der Waals surface area contributed by atoms with E-state index >= 15 is 0 Å². The molecule has 0 radical (unpaired) electrons. The van der Waals surface area contributed by atoms with E-state index in [4.69, 9.17) is 4.74 Å². The summed E-state index contributed by atoms with van der Waals surface area (Å²) in [7, 11) is 0. The highest BCUT2D eigenvalue weighted by Gasteiger charge is 2.40. The van der Waals surface area contributed by atoms with Gasteiger partial charge in [0.05, 0.1) is 19.6 Å². The van der Waals surface area contributed by atoms with Gasteiger partial charge >= 0.3 is 0 Å². The Labute approximate surface area is 200 Å². The van der Waals surface area contributed by atoms with Crippen molar-refractivity contribution in [1.82, 2.24) is 21.3 Å². The number of hydrogen-bond donors (Lipinski definition) is 4. The van der Waals surface area contributed by atoms with E-state index in [9.17, 15) is 14.4 Å². The van der Waals surface area contributed by atoms with Crippen molar-refractivity contribution in [2.75, 3.05) is 39.4 Å². The monoisotopic (exact) mass is 466 g/mol. The number of fused-ring (bicyclic) bond motifs is 1. The molecule has 0 atom stereocenters. The van der Waals surface area contributed by atoms with Crippen LogP contribution in [0.2, 0.25) is 0 Å². The molecule has 1 aliphatic rings. The standard InChI is InChI=1S/C26H34N4O4/c1-2-17-34-18-10-23(31)30-26(11-13-27-14-12-26)25(33)29-16-15-28-24(32)19-21-8-5-7-20-6-3-4-9-22(20)21/h2-9,27H,1,10-19H2,(H,28,32)(H,29,33)(H,30,31). The van der Waals surface area contributed by atoms with Crippen LogP contribution in [0, 0.1) is 0 Å². The Kier molecular flexibility index (Phi) is 9.61. The molecule has 1 heterocycles. The molecule has 0 aromatic heterocycles. The minimum absolute atomic E-state index is 0.102. The minimum Gasteiger partial charge on any atom is -0.377 e. The molecule has 0 aliphatic carbocycles. The summed E-state index contributed by atoms with van der Waals surface area (Å²) in [6.45, 7) is 6.11. The Bertz CT molecular complexity index is 996. The van der Waals surface area contributed by atoms with Crippen molar-refractivity contribution in [2.45, 2.75) is 31.2 Å². The summed E-state index contributed by atoms with van der Waals surface area (Å²) >= 11 is 0. The first-order valence-corrected chi connectivity index (χ1v) is 11.8. The molecule has 4 N–H and O–H groups in total. The predicted molar refractivity (Wildman–Crippen MR) is 132 cm³/mol. The number of ether oxygens (including phenoxy) is 1. The molecule has 1 aliphatic heterocycles. The van der Waals surface area contributed by atoms with Crippen molar-refractivity contribution >= 4 is 28.5 Å². The fourth-order valence-electron chi connectivity index (χ4n) is 4.15. The van der Waals surface area contributed by atoms with Crippen LogP contribution in [0.25, 0.3) is 10.8 Å². The van der Waals surface area contributed by atoms with E-state index in [1.54, 1.807) is 6.08 Å². The molecule has 34 heavy (non-hydrogen) atoms. The Morgan fingerprint density at radius 3 is 2.53 bits per heavy atom. The lowest BCUT2D eigenvalue weighted by molar-refractivity contribution is -0.135. The Balaban J connectivity index is 1.46. The molecule has 2 aromatic carbocycles. The Hall–Kier alpha value is -3.23. The number of carbonyl (C=O) groups excluding carboxylic acids is 3. The van der Waals surface area contributed by atoms with Crippen LogP contribution in [0.3, 0.4) is 0 Å². The summed E-state index contributed by atoms with van der Waals surface area (Å²) in [6.07, 6.45) is 3.09. The van der Waals surface area contributed by atoms with Crippen LogP contribution >= 0.6 is 0 Å². The molecule has 0 spiro atoms. The maximum atomic E-state index is 13.0. The van der Waals surface area contributed by atoms with Crippen LogP contribution in [0.4, 0.5) is 0 Å². The average molecular weight is 467 g/mol. The summed E-state index contributed by atoms with van der Waals surface area (Å²) in [5.74, 6) is -0.544. The lowest BCUT2D eigenvalue weighted by Crippen LogP contribution is -2.63. The van der Waals surface area contributed by atoms with Crippen LogP contribution < -0.4 is 21.3 Å². The van der Waals surface area contributed by atoms with Gasteiger partial charge in [-0.15, -0.1) is 6.58 Å². The number of carbonyl (C=O) groups is 3. The molecule has 0 saturated carbocycles. The van der Waals surface area contributed by atoms with E-state index in [-0.39, 0.29) is 43.7 Å². The van der Waals surface area contributed by atoms with Crippen molar-refractivity contribution in [3.8, 4) is 0 Å². The number of amides is 3. The highest BCUT2D eigenvalue weighted by atomic mass is 16.5. The molecule has 3 rings (SSSR count). The van der Waals surface area contributed by atoms with Gasteiger partial charge in [0.1, 0.15) is 5.54 Å². The van der Waals surface area contributed by atoms with Gasteiger partial charge in [0.2, 0.25) is 17.7 Å². The number of hydrogen-bond acceptors (Lipinski definition) is 5. The molecular formula is C26H34N4O4. The predicted octanol–water partition coefficient (Wildman–Crippen LogP) is 1.45. The molecule has 8 nitrogen and oxygen atoms in total. The minimum atomic E-state index is -0.951. The topological polar surface area (TPSA) is 109 Å². The second kappa shape index (κ2) is 12.9. The second-order valence-corrected chi connectivity index (χ2v) is 8.41. The molecule has 1 saturated heterocycles. The zero-order valence-electron chi connectivity index (χ0n) is 19.5. The van der Waals surface area contributed by atoms with Crippen LogP contribution in [-0.4, -0.2) is 62.7 Å². The van der Waals surface area contributed by atoms with Crippen molar-refractivity contribution in [3.05, 3.63) is 60.7 Å². The Morgan fingerprint density at radius 1 is 1.00 bits per heavy atom. The third kappa shape index (κ3) is 7.13. The normalized spacial score (nSPS) is 14.8. The maximum absolute atomic E-state index is 13.0. The first-order chi connectivity index (χ1) is 16.5. The van der Waals surface area contributed by atoms with E-state index in [2.05, 4.69) is 27.8 Å². The van der Waals surface area contributed by atoms with E-state index in [0.29, 0.717) is 39.1 Å². The highest BCUT2D eigenvalue weighted by molar-refractivity contribution is 5.92. The summed E-state index contributed by atoms with van der Waals surface area (Å²) in [4.78, 5) is 37.8. The van der Waals surface area contributed by atoms with Gasteiger partial charge in [-0.1, -0.05) is 48.5 Å². The summed E-state index contributed by atoms with van der Waals surface area (Å²) in [6, 6.07) is 13.9. The summed E-state index contributed by atoms with van der Waals surface area (Å²) in [5, 5.41) is 14.1. The van der Waals surface area contributed by atoms with Gasteiger partial charge in [-0.05, 0) is 42.3 Å². The van der Waals surface area contributed by atoms with Gasteiger partial charge in [0.15, 0.2) is 0 Å². The van der Waals surface area contributed by atoms with Crippen molar-refractivity contribution in [3.63, 3.8) is 0 Å². The summed E-state index contributed by atoms with van der Waals surface area (Å²) in [5.41, 5.74) is 0.0152. The molecule has 3 amide bonds. The largest absolute Gasteiger partial charge is 0.377 e. The van der Waals surface area contributed by atoms with Crippen molar-refractivity contribution < 1.29 is 19.1 Å². The van der Waals surface area contributed by atoms with E-state index in [1.807, 2.05) is 42.5 Å². The fraction of sp³-hybridized carbons (Fsp3) is 0.423. The second-order valence-electron chi connectivity index (χ2n) is 8.41. The number of piperidine rings is 1. The van der Waals surface area contributed by atoms with Crippen LogP contribution in [-0.2, 0) is 25.5 Å². The zero-order valence-corrected chi connectivity index (χ0v) is 19.5. The molecule has 182 valence electrons. The van der Waals surface area contributed by atoms with Crippen molar-refractivity contribution in [2.24, 2.45) is 0 Å². The third-order valence-electron chi connectivity index (χ3n) is 5.94. The van der Waals surface area contributed by atoms with Gasteiger partial charge in [-0.25, -0.2) is 0 Å². The first kappa shape index (κ1) is 25.4. The number of nitrogens with one attached hydrogen (secondary N) is 4. The van der Waals surface area contributed by atoms with E-state index in [0.717, 1.165) is 16.3 Å². The van der Waals surface area contributed by atoms with Gasteiger partial charge in [-0.3, -0.25) is 14.4 Å². The lowest BCUT2D eigenvalue weighted by Gasteiger charge is -2.37. The van der Waals surface area contributed by atoms with Crippen molar-refractivity contribution in [1.29, 1.82) is 0 Å². The van der Waals surface area contributed by atoms with Gasteiger partial charge in [-0.2, -0.15) is 0 Å². The number of benzene rings is 2. The van der Waals surface area contributed by atoms with Gasteiger partial charge < -0.3 is 26.0 Å². The number of rotatable bonds is 12. The Morgan fingerprint density at radius 2 is 1.74 bits per heavy atom. The quantitative estimate of drug-likeness (QED) is 0.280. The third-order valence-corrected chi connectivity index (χ3v) is 5.94. The van der Waals surface area contributed by atoms with Crippen LogP contribution in [0.15, 0.2) is 55.1 Å². The molecule has 0 unspecified atom stereocenters. The average Bonchev–Trinajstić information content (AvgIpc) is 2.85. The molecule has 1 fully saturated rings. The van der Waals surface area contributed by atoms with Crippen LogP contribution in [0.5, 0.6) is 0 Å². The molecular weight excluding hydrogens is 432 g/mol. The fourth-order valence-corrected chi connectivity index (χ4v) is 4.15.